The van der Waals surface area contributed by atoms with E-state index in [2.05, 4.69) is 16.7 Å². The van der Waals surface area contributed by atoms with E-state index in [4.69, 9.17) is 9.47 Å². The van der Waals surface area contributed by atoms with E-state index in [-0.39, 0.29) is 18.4 Å². The molecule has 0 radical (unpaired) electrons. The molecule has 176 valence electrons. The van der Waals surface area contributed by atoms with E-state index >= 15 is 0 Å². The molecule has 1 aromatic carbocycles. The van der Waals surface area contributed by atoms with Gasteiger partial charge in [-0.3, -0.25) is 9.59 Å². The van der Waals surface area contributed by atoms with Crippen molar-refractivity contribution in [1.29, 1.82) is 0 Å². The van der Waals surface area contributed by atoms with Gasteiger partial charge in [0.2, 0.25) is 11.8 Å². The average molecular weight is 444 g/mol. The maximum absolute atomic E-state index is 13.2. The zero-order valence-corrected chi connectivity index (χ0v) is 19.7. The fraction of sp³-hybridized carbons (Fsp3) is 0.520. The van der Waals surface area contributed by atoms with Crippen LogP contribution in [0.15, 0.2) is 48.7 Å². The van der Waals surface area contributed by atoms with Crippen molar-refractivity contribution in [3.05, 3.63) is 59.9 Å². The second-order valence-electron chi connectivity index (χ2n) is 7.83. The van der Waals surface area contributed by atoms with E-state index < -0.39 is 0 Å². The minimum absolute atomic E-state index is 0.0103. The highest BCUT2D eigenvalue weighted by Gasteiger charge is 2.21. The monoisotopic (exact) mass is 443 g/mol. The van der Waals surface area contributed by atoms with Gasteiger partial charge in [-0.15, -0.1) is 0 Å². The van der Waals surface area contributed by atoms with Crippen molar-refractivity contribution in [2.24, 2.45) is 0 Å². The first-order chi connectivity index (χ1) is 15.6. The molecule has 0 fully saturated rings. The third-order valence-corrected chi connectivity index (χ3v) is 5.31. The Kier molecular flexibility index (Phi) is 11.6. The van der Waals surface area contributed by atoms with Crippen LogP contribution in [0.5, 0.6) is 0 Å². The molecular weight excluding hydrogens is 406 g/mol. The summed E-state index contributed by atoms with van der Waals surface area (Å²) in [6, 6.07) is 14.3. The molecule has 0 aliphatic heterocycles. The third kappa shape index (κ3) is 8.48. The van der Waals surface area contributed by atoms with Gasteiger partial charge in [0.1, 0.15) is 0 Å². The van der Waals surface area contributed by atoms with Crippen LogP contribution >= 0.6 is 0 Å². The Balaban J connectivity index is 2.10. The lowest BCUT2D eigenvalue weighted by Gasteiger charge is -2.28. The Morgan fingerprint density at radius 3 is 2.34 bits per heavy atom. The third-order valence-electron chi connectivity index (χ3n) is 5.31. The van der Waals surface area contributed by atoms with Gasteiger partial charge in [-0.05, 0) is 30.5 Å². The largest absolute Gasteiger partial charge is 0.385 e. The van der Waals surface area contributed by atoms with Crippen LogP contribution < -0.4 is 0 Å². The summed E-state index contributed by atoms with van der Waals surface area (Å²) in [5, 5.41) is 0. The molecule has 7 nitrogen and oxygen atoms in total. The van der Waals surface area contributed by atoms with E-state index in [0.29, 0.717) is 45.7 Å². The van der Waals surface area contributed by atoms with Crippen LogP contribution in [0, 0.1) is 0 Å². The standard InChI is InChI=1S/C25H37N3O4/c1-4-10-24(29)27(15-9-17-31-2)21-25(30)28(16-18-32-3)20-23-13-8-14-26(23)19-22-11-6-5-7-12-22/h5-8,11-14H,4,9-10,15-21H2,1-3H3. The smallest absolute Gasteiger partial charge is 0.242 e. The predicted molar refractivity (Wildman–Crippen MR) is 125 cm³/mol. The number of hydrogen-bond donors (Lipinski definition) is 0. The highest BCUT2D eigenvalue weighted by Crippen LogP contribution is 2.12. The normalized spacial score (nSPS) is 10.8. The fourth-order valence-corrected chi connectivity index (χ4v) is 3.54. The first kappa shape index (κ1) is 25.6. The highest BCUT2D eigenvalue weighted by molar-refractivity contribution is 5.84. The molecule has 0 atom stereocenters. The van der Waals surface area contributed by atoms with E-state index in [1.165, 1.54) is 5.56 Å². The van der Waals surface area contributed by atoms with Crippen LogP contribution in [-0.4, -0.2) is 73.2 Å². The summed E-state index contributed by atoms with van der Waals surface area (Å²) in [6.07, 6.45) is 3.94. The van der Waals surface area contributed by atoms with Crippen molar-refractivity contribution >= 4 is 11.8 Å². The van der Waals surface area contributed by atoms with Crippen LogP contribution in [0.2, 0.25) is 0 Å². The summed E-state index contributed by atoms with van der Waals surface area (Å²) < 4.78 is 12.5. The number of hydrogen-bond acceptors (Lipinski definition) is 4. The number of rotatable bonds is 15. The molecule has 1 heterocycles. The summed E-state index contributed by atoms with van der Waals surface area (Å²) in [5.41, 5.74) is 2.25. The second-order valence-corrected chi connectivity index (χ2v) is 7.83. The Labute approximate surface area is 191 Å². The van der Waals surface area contributed by atoms with Gasteiger partial charge in [-0.25, -0.2) is 0 Å². The molecule has 32 heavy (non-hydrogen) atoms. The number of benzene rings is 1. The highest BCUT2D eigenvalue weighted by atomic mass is 16.5. The Bertz CT molecular complexity index is 807. The number of amides is 2. The summed E-state index contributed by atoms with van der Waals surface area (Å²) >= 11 is 0. The molecule has 0 aliphatic rings. The van der Waals surface area contributed by atoms with Crippen LogP contribution in [0.1, 0.15) is 37.4 Å². The zero-order chi connectivity index (χ0) is 23.2. The predicted octanol–water partition coefficient (Wildman–Crippen LogP) is 3.18. The molecule has 7 heteroatoms. The van der Waals surface area contributed by atoms with Crippen LogP contribution in [0.4, 0.5) is 0 Å². The molecular formula is C25H37N3O4. The van der Waals surface area contributed by atoms with E-state index in [1.54, 1.807) is 24.0 Å². The molecule has 0 unspecified atom stereocenters. The van der Waals surface area contributed by atoms with E-state index in [9.17, 15) is 9.59 Å². The first-order valence-corrected chi connectivity index (χ1v) is 11.3. The SMILES string of the molecule is CCCC(=O)N(CCCOC)CC(=O)N(CCOC)Cc1cccn1Cc1ccccc1. The lowest BCUT2D eigenvalue weighted by atomic mass is 10.2. The maximum Gasteiger partial charge on any atom is 0.242 e. The Morgan fingerprint density at radius 1 is 0.906 bits per heavy atom. The van der Waals surface area contributed by atoms with Gasteiger partial charge >= 0.3 is 0 Å². The molecule has 0 bridgehead atoms. The molecule has 0 saturated heterocycles. The van der Waals surface area contributed by atoms with Crippen molar-refractivity contribution in [3.63, 3.8) is 0 Å². The van der Waals surface area contributed by atoms with Crippen LogP contribution in [-0.2, 0) is 32.2 Å². The lowest BCUT2D eigenvalue weighted by Crippen LogP contribution is -2.44. The van der Waals surface area contributed by atoms with E-state index in [0.717, 1.165) is 18.7 Å². The quantitative estimate of drug-likeness (QED) is 0.397. The summed E-state index contributed by atoms with van der Waals surface area (Å²) in [4.78, 5) is 29.2. The topological polar surface area (TPSA) is 64.0 Å². The van der Waals surface area contributed by atoms with Gasteiger partial charge in [0.15, 0.2) is 0 Å². The number of carbonyl (C=O) groups excluding carboxylic acids is 2. The van der Waals surface area contributed by atoms with Crippen molar-refractivity contribution in [3.8, 4) is 0 Å². The van der Waals surface area contributed by atoms with Gasteiger partial charge in [-0.2, -0.15) is 0 Å². The van der Waals surface area contributed by atoms with Gasteiger partial charge in [0.05, 0.1) is 19.7 Å². The number of nitrogens with zero attached hydrogens (tertiary/aromatic N) is 3. The van der Waals surface area contributed by atoms with E-state index in [1.807, 2.05) is 43.5 Å². The van der Waals surface area contributed by atoms with Crippen LogP contribution in [0.25, 0.3) is 0 Å². The van der Waals surface area contributed by atoms with Crippen LogP contribution in [0.3, 0.4) is 0 Å². The zero-order valence-electron chi connectivity index (χ0n) is 19.7. The Morgan fingerprint density at radius 2 is 1.66 bits per heavy atom. The molecule has 2 rings (SSSR count). The average Bonchev–Trinajstić information content (AvgIpc) is 3.23. The molecule has 2 amide bonds. The summed E-state index contributed by atoms with van der Waals surface area (Å²) in [5.74, 6) is -0.0625. The second kappa shape index (κ2) is 14.4. The molecule has 0 saturated carbocycles. The molecule has 1 aromatic heterocycles. The van der Waals surface area contributed by atoms with Crippen molar-refractivity contribution < 1.29 is 19.1 Å². The number of ether oxygens (including phenoxy) is 2. The van der Waals surface area contributed by atoms with Crippen molar-refractivity contribution in [2.45, 2.75) is 39.3 Å². The summed E-state index contributed by atoms with van der Waals surface area (Å²) in [7, 11) is 3.27. The molecule has 0 spiro atoms. The minimum atomic E-state index is -0.0728. The minimum Gasteiger partial charge on any atom is -0.385 e. The van der Waals surface area contributed by atoms with Crippen molar-refractivity contribution in [2.75, 3.05) is 47.1 Å². The van der Waals surface area contributed by atoms with Gasteiger partial charge in [0, 0.05) is 58.8 Å². The summed E-state index contributed by atoms with van der Waals surface area (Å²) in [6.45, 7) is 5.25. The van der Waals surface area contributed by atoms with Gasteiger partial charge in [0.25, 0.3) is 0 Å². The fourth-order valence-electron chi connectivity index (χ4n) is 3.54. The molecule has 0 N–H and O–H groups in total. The number of methoxy groups -OCH3 is 2. The Hall–Kier alpha value is -2.64. The number of aromatic nitrogens is 1. The van der Waals surface area contributed by atoms with Crippen molar-refractivity contribution in [1.82, 2.24) is 14.4 Å². The lowest BCUT2D eigenvalue weighted by molar-refractivity contribution is -0.141. The first-order valence-electron chi connectivity index (χ1n) is 11.3. The van der Waals surface area contributed by atoms with Gasteiger partial charge < -0.3 is 23.8 Å². The molecule has 0 aliphatic carbocycles. The van der Waals surface area contributed by atoms with Gasteiger partial charge in [-0.1, -0.05) is 37.3 Å². The number of carbonyl (C=O) groups is 2. The maximum atomic E-state index is 13.2. The molecule has 2 aromatic rings.